The largest absolute Gasteiger partial charge is 0.494 e. The summed E-state index contributed by atoms with van der Waals surface area (Å²) in [5, 5.41) is 2.93. The number of halogens is 2. The van der Waals surface area contributed by atoms with Crippen LogP contribution in [0.5, 0.6) is 5.75 Å². The number of carbonyl (C=O) groups is 3. The van der Waals surface area contributed by atoms with E-state index >= 15 is 0 Å². The second kappa shape index (κ2) is 10.7. The summed E-state index contributed by atoms with van der Waals surface area (Å²) >= 11 is 9.98. The summed E-state index contributed by atoms with van der Waals surface area (Å²) in [4.78, 5) is 39.6. The van der Waals surface area contributed by atoms with Crippen molar-refractivity contribution in [1.29, 1.82) is 0 Å². The summed E-state index contributed by atoms with van der Waals surface area (Å²) in [5.41, 5.74) is 4.42. The van der Waals surface area contributed by atoms with Gasteiger partial charge >= 0.3 is 6.03 Å². The molecule has 0 aliphatic carbocycles. The molecule has 6 nitrogen and oxygen atoms in total. The highest BCUT2D eigenvalue weighted by Gasteiger charge is 2.37. The normalized spacial score (nSPS) is 14.9. The van der Waals surface area contributed by atoms with Crippen molar-refractivity contribution < 1.29 is 19.1 Å². The summed E-state index contributed by atoms with van der Waals surface area (Å²) in [7, 11) is 0. The van der Waals surface area contributed by atoms with Crippen molar-refractivity contribution in [2.45, 2.75) is 27.2 Å². The van der Waals surface area contributed by atoms with Gasteiger partial charge in [-0.05, 0) is 67.8 Å². The number of ether oxygens (including phenoxy) is 1. The van der Waals surface area contributed by atoms with Crippen molar-refractivity contribution in [2.24, 2.45) is 0 Å². The van der Waals surface area contributed by atoms with Gasteiger partial charge in [-0.15, -0.1) is 0 Å². The van der Waals surface area contributed by atoms with E-state index in [4.69, 9.17) is 16.3 Å². The molecule has 8 heteroatoms. The number of barbiturate groups is 1. The molecule has 0 atom stereocenters. The fourth-order valence-corrected chi connectivity index (χ4v) is 4.90. The lowest BCUT2D eigenvalue weighted by Crippen LogP contribution is -2.54. The van der Waals surface area contributed by atoms with Gasteiger partial charge < -0.3 is 4.74 Å². The summed E-state index contributed by atoms with van der Waals surface area (Å²) in [6, 6.07) is 15.8. The molecule has 3 aromatic carbocycles. The van der Waals surface area contributed by atoms with E-state index in [1.165, 1.54) is 6.08 Å². The van der Waals surface area contributed by atoms with Crippen molar-refractivity contribution in [1.82, 2.24) is 5.32 Å². The van der Waals surface area contributed by atoms with Crippen molar-refractivity contribution in [2.75, 3.05) is 11.5 Å². The van der Waals surface area contributed by atoms with Gasteiger partial charge in [-0.1, -0.05) is 63.4 Å². The summed E-state index contributed by atoms with van der Waals surface area (Å²) in [5.74, 6) is -0.838. The molecule has 1 fully saturated rings. The topological polar surface area (TPSA) is 75.7 Å². The number of anilines is 1. The number of hydrogen-bond donors (Lipinski definition) is 1. The Bertz CT molecular complexity index is 1420. The maximum absolute atomic E-state index is 13.3. The molecule has 4 rings (SSSR count). The second-order valence-electron chi connectivity index (χ2n) is 8.43. The first-order chi connectivity index (χ1) is 17.2. The minimum atomic E-state index is -0.777. The number of aryl methyl sites for hydroxylation is 2. The van der Waals surface area contributed by atoms with Gasteiger partial charge in [0.1, 0.15) is 11.3 Å². The van der Waals surface area contributed by atoms with E-state index < -0.39 is 17.8 Å². The summed E-state index contributed by atoms with van der Waals surface area (Å²) in [6.45, 7) is 6.04. The monoisotopic (exact) mass is 566 g/mol. The van der Waals surface area contributed by atoms with Crippen molar-refractivity contribution in [3.63, 3.8) is 0 Å². The van der Waals surface area contributed by atoms with Crippen molar-refractivity contribution in [3.8, 4) is 5.75 Å². The van der Waals surface area contributed by atoms with Crippen LogP contribution in [0.4, 0.5) is 10.5 Å². The lowest BCUT2D eigenvalue weighted by molar-refractivity contribution is -0.122. The Morgan fingerprint density at radius 1 is 1.06 bits per heavy atom. The molecule has 1 heterocycles. The zero-order valence-electron chi connectivity index (χ0n) is 20.0. The fraction of sp³-hybridized carbons (Fsp3) is 0.179. The van der Waals surface area contributed by atoms with Gasteiger partial charge in [-0.25, -0.2) is 9.69 Å². The second-order valence-corrected chi connectivity index (χ2v) is 9.69. The molecule has 0 unspecified atom stereocenters. The minimum absolute atomic E-state index is 0.150. The number of rotatable bonds is 6. The average Bonchev–Trinajstić information content (AvgIpc) is 2.81. The summed E-state index contributed by atoms with van der Waals surface area (Å²) in [6.07, 6.45) is 1.99. The molecular formula is C28H24BrClN2O4. The molecular weight excluding hydrogens is 544 g/mol. The quantitative estimate of drug-likeness (QED) is 0.277. The van der Waals surface area contributed by atoms with Crippen LogP contribution < -0.4 is 15.0 Å². The van der Waals surface area contributed by atoms with E-state index in [9.17, 15) is 14.4 Å². The van der Waals surface area contributed by atoms with Crippen LogP contribution in [0.1, 0.15) is 34.7 Å². The Hall–Kier alpha value is -3.42. The smallest absolute Gasteiger partial charge is 0.335 e. The first kappa shape index (κ1) is 25.7. The van der Waals surface area contributed by atoms with Crippen LogP contribution in [-0.2, 0) is 16.0 Å². The Labute approximate surface area is 223 Å². The lowest BCUT2D eigenvalue weighted by Gasteiger charge is -2.27. The summed E-state index contributed by atoms with van der Waals surface area (Å²) < 4.78 is 6.64. The van der Waals surface area contributed by atoms with Crippen LogP contribution in [0.25, 0.3) is 6.08 Å². The van der Waals surface area contributed by atoms with Gasteiger partial charge in [0.2, 0.25) is 0 Å². The molecule has 1 aliphatic rings. The number of urea groups is 1. The molecule has 4 amide bonds. The molecule has 3 aromatic rings. The van der Waals surface area contributed by atoms with Crippen LogP contribution in [0.15, 0.2) is 64.6 Å². The van der Waals surface area contributed by atoms with Gasteiger partial charge in [-0.3, -0.25) is 14.9 Å². The van der Waals surface area contributed by atoms with E-state index in [0.717, 1.165) is 31.6 Å². The number of hydrogen-bond acceptors (Lipinski definition) is 4. The van der Waals surface area contributed by atoms with Gasteiger partial charge in [0.25, 0.3) is 11.8 Å². The molecule has 0 spiro atoms. The van der Waals surface area contributed by atoms with Crippen LogP contribution in [0.2, 0.25) is 5.02 Å². The molecule has 1 saturated heterocycles. The highest BCUT2D eigenvalue weighted by atomic mass is 79.9. The van der Waals surface area contributed by atoms with Gasteiger partial charge in [0.05, 0.1) is 12.3 Å². The molecule has 36 heavy (non-hydrogen) atoms. The van der Waals surface area contributed by atoms with Crippen LogP contribution in [0.3, 0.4) is 0 Å². The zero-order valence-corrected chi connectivity index (χ0v) is 22.4. The maximum Gasteiger partial charge on any atom is 0.335 e. The molecule has 0 saturated carbocycles. The first-order valence-electron chi connectivity index (χ1n) is 11.4. The molecule has 0 aromatic heterocycles. The standard InChI is InChI=1S/C28H24BrClN2O4/c1-4-36-25-14-18(13-22(29)20(25)15-19-7-5-6-8-23(19)30)12-21-26(33)31-28(35)32(27(21)34)24-10-9-16(2)11-17(24)3/h5-14H,4,15H2,1-3H3,(H,31,33,35)/b21-12+. The van der Waals surface area contributed by atoms with E-state index in [1.54, 1.807) is 18.2 Å². The highest BCUT2D eigenvalue weighted by Crippen LogP contribution is 2.34. The lowest BCUT2D eigenvalue weighted by atomic mass is 10.00. The number of nitrogens with one attached hydrogen (secondary N) is 1. The number of amides is 4. The van der Waals surface area contributed by atoms with Gasteiger partial charge in [-0.2, -0.15) is 0 Å². The number of carbonyl (C=O) groups excluding carboxylic acids is 3. The minimum Gasteiger partial charge on any atom is -0.494 e. The Morgan fingerprint density at radius 3 is 2.50 bits per heavy atom. The predicted octanol–water partition coefficient (Wildman–Crippen LogP) is 6.38. The van der Waals surface area contributed by atoms with E-state index in [-0.39, 0.29) is 5.57 Å². The predicted molar refractivity (Wildman–Crippen MR) is 144 cm³/mol. The van der Waals surface area contributed by atoms with Crippen LogP contribution in [-0.4, -0.2) is 24.5 Å². The highest BCUT2D eigenvalue weighted by molar-refractivity contribution is 9.10. The Balaban J connectivity index is 1.74. The van der Waals surface area contributed by atoms with Crippen LogP contribution >= 0.6 is 27.5 Å². The van der Waals surface area contributed by atoms with E-state index in [1.807, 2.05) is 57.2 Å². The fourth-order valence-electron chi connectivity index (χ4n) is 4.10. The SMILES string of the molecule is CCOc1cc(/C=C2\C(=O)NC(=O)N(c3ccc(C)cc3C)C2=O)cc(Br)c1Cc1ccccc1Cl. The zero-order chi connectivity index (χ0) is 26.0. The Kier molecular flexibility index (Phi) is 7.62. The molecule has 0 bridgehead atoms. The van der Waals surface area contributed by atoms with Crippen molar-refractivity contribution >= 4 is 57.1 Å². The van der Waals surface area contributed by atoms with E-state index in [2.05, 4.69) is 21.2 Å². The maximum atomic E-state index is 13.3. The van der Waals surface area contributed by atoms with Crippen LogP contribution in [0, 0.1) is 13.8 Å². The molecule has 1 N–H and O–H groups in total. The third-order valence-corrected chi connectivity index (χ3v) is 6.88. The Morgan fingerprint density at radius 2 is 1.81 bits per heavy atom. The van der Waals surface area contributed by atoms with Crippen molar-refractivity contribution in [3.05, 3.63) is 97.5 Å². The number of benzene rings is 3. The third kappa shape index (κ3) is 5.22. The van der Waals surface area contributed by atoms with E-state index in [0.29, 0.717) is 35.1 Å². The van der Waals surface area contributed by atoms with Gasteiger partial charge in [0.15, 0.2) is 0 Å². The molecule has 0 radical (unpaired) electrons. The molecule has 1 aliphatic heterocycles. The van der Waals surface area contributed by atoms with Gasteiger partial charge in [0, 0.05) is 21.5 Å². The average molecular weight is 568 g/mol. The third-order valence-electron chi connectivity index (χ3n) is 5.81. The number of imide groups is 2. The molecule has 184 valence electrons. The number of nitrogens with zero attached hydrogens (tertiary/aromatic N) is 1. The first-order valence-corrected chi connectivity index (χ1v) is 12.5.